The molecule has 1 atom stereocenters. The van der Waals surface area contributed by atoms with E-state index in [-0.39, 0.29) is 5.50 Å². The first-order chi connectivity index (χ1) is 10.8. The van der Waals surface area contributed by atoms with Gasteiger partial charge in [-0.3, -0.25) is 4.90 Å². The molecule has 1 fully saturated rings. The second kappa shape index (κ2) is 6.23. The molecule has 0 bridgehead atoms. The first-order valence-corrected chi connectivity index (χ1v) is 8.95. The third-order valence-corrected chi connectivity index (χ3v) is 5.67. The third kappa shape index (κ3) is 2.66. The predicted molar refractivity (Wildman–Crippen MR) is 92.4 cm³/mol. The minimum Gasteiger partial charge on any atom is -0.341 e. The summed E-state index contributed by atoms with van der Waals surface area (Å²) in [6.45, 7) is 6.86. The van der Waals surface area contributed by atoms with Crippen LogP contribution in [0.4, 0.5) is 0 Å². The fourth-order valence-electron chi connectivity index (χ4n) is 3.89. The van der Waals surface area contributed by atoms with Crippen LogP contribution in [0.15, 0.2) is 30.3 Å². The SMILES string of the molecule is ClC1c2cc3ccccc3n2CCN1CCN1CCCCC1. The number of piperidine rings is 1. The Morgan fingerprint density at radius 2 is 1.77 bits per heavy atom. The van der Waals surface area contributed by atoms with Gasteiger partial charge >= 0.3 is 0 Å². The highest BCUT2D eigenvalue weighted by Crippen LogP contribution is 2.33. The number of hydrogen-bond donors (Lipinski definition) is 0. The number of hydrogen-bond acceptors (Lipinski definition) is 2. The predicted octanol–water partition coefficient (Wildman–Crippen LogP) is 3.68. The topological polar surface area (TPSA) is 11.4 Å². The van der Waals surface area contributed by atoms with Crippen LogP contribution in [0, 0.1) is 0 Å². The molecule has 0 amide bonds. The zero-order valence-corrected chi connectivity index (χ0v) is 13.8. The highest BCUT2D eigenvalue weighted by atomic mass is 35.5. The molecule has 3 nitrogen and oxygen atoms in total. The van der Waals surface area contributed by atoms with Gasteiger partial charge in [-0.1, -0.05) is 36.2 Å². The highest BCUT2D eigenvalue weighted by Gasteiger charge is 2.27. The van der Waals surface area contributed by atoms with Crippen molar-refractivity contribution in [3.63, 3.8) is 0 Å². The van der Waals surface area contributed by atoms with E-state index in [9.17, 15) is 0 Å². The van der Waals surface area contributed by atoms with Crippen LogP contribution in [0.3, 0.4) is 0 Å². The molecule has 4 heteroatoms. The molecule has 2 aliphatic heterocycles. The van der Waals surface area contributed by atoms with Gasteiger partial charge in [-0.05, 0) is 43.5 Å². The maximum absolute atomic E-state index is 6.79. The number of alkyl halides is 1. The summed E-state index contributed by atoms with van der Waals surface area (Å²) in [5, 5.41) is 1.31. The van der Waals surface area contributed by atoms with Gasteiger partial charge < -0.3 is 9.47 Å². The van der Waals surface area contributed by atoms with E-state index in [4.69, 9.17) is 11.6 Å². The molecule has 1 unspecified atom stereocenters. The summed E-state index contributed by atoms with van der Waals surface area (Å²) >= 11 is 6.79. The van der Waals surface area contributed by atoms with Crippen molar-refractivity contribution in [2.24, 2.45) is 0 Å². The van der Waals surface area contributed by atoms with E-state index in [1.807, 2.05) is 0 Å². The summed E-state index contributed by atoms with van der Waals surface area (Å²) in [6, 6.07) is 10.9. The molecule has 2 aromatic rings. The average Bonchev–Trinajstić information content (AvgIpc) is 2.95. The zero-order chi connectivity index (χ0) is 14.9. The van der Waals surface area contributed by atoms with Gasteiger partial charge in [0, 0.05) is 31.7 Å². The molecule has 3 heterocycles. The second-order valence-electron chi connectivity index (χ2n) is 6.55. The number of nitrogens with zero attached hydrogens (tertiary/aromatic N) is 3. The minimum absolute atomic E-state index is 0.00550. The summed E-state index contributed by atoms with van der Waals surface area (Å²) in [5.41, 5.74) is 2.58. The Bertz CT molecular complexity index is 645. The van der Waals surface area contributed by atoms with Crippen molar-refractivity contribution in [1.82, 2.24) is 14.4 Å². The molecule has 1 saturated heterocycles. The van der Waals surface area contributed by atoms with Gasteiger partial charge in [0.05, 0.1) is 5.69 Å². The molecule has 118 valence electrons. The molecular formula is C18H24ClN3. The smallest absolute Gasteiger partial charge is 0.126 e. The number of rotatable bonds is 3. The van der Waals surface area contributed by atoms with Gasteiger partial charge in [0.25, 0.3) is 0 Å². The van der Waals surface area contributed by atoms with E-state index < -0.39 is 0 Å². The molecule has 0 radical (unpaired) electrons. The van der Waals surface area contributed by atoms with Gasteiger partial charge in [-0.2, -0.15) is 0 Å². The average molecular weight is 318 g/mol. The fraction of sp³-hybridized carbons (Fsp3) is 0.556. The Hall–Kier alpha value is -1.03. The van der Waals surface area contributed by atoms with Crippen molar-refractivity contribution in [3.05, 3.63) is 36.0 Å². The fourth-order valence-corrected chi connectivity index (χ4v) is 4.26. The number of para-hydroxylation sites is 1. The Morgan fingerprint density at radius 1 is 0.955 bits per heavy atom. The van der Waals surface area contributed by atoms with Gasteiger partial charge in [0.1, 0.15) is 5.50 Å². The molecule has 2 aliphatic rings. The van der Waals surface area contributed by atoms with Crippen molar-refractivity contribution in [2.45, 2.75) is 31.3 Å². The maximum atomic E-state index is 6.79. The molecular weight excluding hydrogens is 294 g/mol. The first-order valence-electron chi connectivity index (χ1n) is 8.51. The van der Waals surface area contributed by atoms with Crippen LogP contribution in [-0.2, 0) is 6.54 Å². The molecule has 1 aromatic heterocycles. The van der Waals surface area contributed by atoms with Crippen molar-refractivity contribution in [2.75, 3.05) is 32.7 Å². The Kier molecular flexibility index (Phi) is 4.12. The summed E-state index contributed by atoms with van der Waals surface area (Å²) in [7, 11) is 0. The molecule has 1 aromatic carbocycles. The lowest BCUT2D eigenvalue weighted by Crippen LogP contribution is -2.42. The van der Waals surface area contributed by atoms with Crippen molar-refractivity contribution >= 4 is 22.5 Å². The lowest BCUT2D eigenvalue weighted by molar-refractivity contribution is 0.156. The van der Waals surface area contributed by atoms with E-state index in [1.54, 1.807) is 0 Å². The van der Waals surface area contributed by atoms with Crippen molar-refractivity contribution in [1.29, 1.82) is 0 Å². The molecule has 22 heavy (non-hydrogen) atoms. The number of aromatic nitrogens is 1. The van der Waals surface area contributed by atoms with E-state index in [1.165, 1.54) is 48.9 Å². The number of benzene rings is 1. The second-order valence-corrected chi connectivity index (χ2v) is 6.97. The summed E-state index contributed by atoms with van der Waals surface area (Å²) in [6.07, 6.45) is 4.12. The highest BCUT2D eigenvalue weighted by molar-refractivity contribution is 6.20. The molecule has 0 aliphatic carbocycles. The lowest BCUT2D eigenvalue weighted by atomic mass is 10.1. The normalized spacial score (nSPS) is 23.8. The van der Waals surface area contributed by atoms with Crippen molar-refractivity contribution in [3.8, 4) is 0 Å². The van der Waals surface area contributed by atoms with Crippen LogP contribution >= 0.6 is 11.6 Å². The minimum atomic E-state index is 0.00550. The van der Waals surface area contributed by atoms with Crippen LogP contribution in [0.5, 0.6) is 0 Å². The van der Waals surface area contributed by atoms with Crippen LogP contribution in [-0.4, -0.2) is 47.1 Å². The van der Waals surface area contributed by atoms with E-state index in [2.05, 4.69) is 44.7 Å². The molecule has 0 spiro atoms. The summed E-state index contributed by atoms with van der Waals surface area (Å²) in [5.74, 6) is 0. The van der Waals surface area contributed by atoms with E-state index >= 15 is 0 Å². The molecule has 4 rings (SSSR count). The van der Waals surface area contributed by atoms with E-state index in [0.717, 1.165) is 26.2 Å². The maximum Gasteiger partial charge on any atom is 0.126 e. The Labute approximate surface area is 137 Å². The van der Waals surface area contributed by atoms with Crippen molar-refractivity contribution < 1.29 is 0 Å². The lowest BCUT2D eigenvalue weighted by Gasteiger charge is -2.35. The van der Waals surface area contributed by atoms with Gasteiger partial charge in [0.2, 0.25) is 0 Å². The number of halogens is 1. The van der Waals surface area contributed by atoms with Crippen LogP contribution in [0.2, 0.25) is 0 Å². The Balaban J connectivity index is 1.48. The van der Waals surface area contributed by atoms with Gasteiger partial charge in [-0.25, -0.2) is 0 Å². The summed E-state index contributed by atoms with van der Waals surface area (Å²) < 4.78 is 2.39. The number of fused-ring (bicyclic) bond motifs is 3. The zero-order valence-electron chi connectivity index (χ0n) is 13.0. The monoisotopic (exact) mass is 317 g/mol. The van der Waals surface area contributed by atoms with E-state index in [0.29, 0.717) is 0 Å². The largest absolute Gasteiger partial charge is 0.341 e. The van der Waals surface area contributed by atoms with Gasteiger partial charge in [0.15, 0.2) is 0 Å². The third-order valence-electron chi connectivity index (χ3n) is 5.17. The molecule has 0 saturated carbocycles. The summed E-state index contributed by atoms with van der Waals surface area (Å²) in [4.78, 5) is 5.03. The standard InChI is InChI=1S/C18H24ClN3/c19-18-17-14-15-6-2-3-7-16(15)22(17)13-12-21(18)11-10-20-8-4-1-5-9-20/h2-3,6-7,14,18H,1,4-5,8-13H2. The quantitative estimate of drug-likeness (QED) is 0.632. The van der Waals surface area contributed by atoms with Gasteiger partial charge in [-0.15, -0.1) is 0 Å². The van der Waals surface area contributed by atoms with Crippen LogP contribution < -0.4 is 0 Å². The first kappa shape index (κ1) is 14.6. The van der Waals surface area contributed by atoms with Crippen LogP contribution in [0.1, 0.15) is 30.5 Å². The van der Waals surface area contributed by atoms with Crippen LogP contribution in [0.25, 0.3) is 10.9 Å². The Morgan fingerprint density at radius 3 is 2.64 bits per heavy atom. The molecule has 0 N–H and O–H groups in total. The number of likely N-dealkylation sites (tertiary alicyclic amines) is 1.